The van der Waals surface area contributed by atoms with Gasteiger partial charge in [-0.3, -0.25) is 0 Å². The van der Waals surface area contributed by atoms with Crippen LogP contribution in [0.4, 0.5) is 0 Å². The number of rotatable bonds is 7. The Balaban J connectivity index is 1.75. The summed E-state index contributed by atoms with van der Waals surface area (Å²) in [5.74, 6) is 0.951. The molecule has 108 valence electrons. The second-order valence-corrected chi connectivity index (χ2v) is 6.21. The molecule has 2 rings (SSSR count). The largest absolute Gasteiger partial charge is 0.302 e. The molecule has 0 bridgehead atoms. The summed E-state index contributed by atoms with van der Waals surface area (Å²) in [4.78, 5) is 2.67. The lowest BCUT2D eigenvalue weighted by molar-refractivity contribution is 0.185. The second kappa shape index (κ2) is 7.87. The van der Waals surface area contributed by atoms with E-state index in [1.807, 2.05) is 0 Å². The van der Waals surface area contributed by atoms with E-state index in [-0.39, 0.29) is 6.04 Å². The van der Waals surface area contributed by atoms with E-state index in [0.29, 0.717) is 0 Å². The minimum atomic E-state index is 0.0461. The van der Waals surface area contributed by atoms with Gasteiger partial charge in [-0.05, 0) is 57.5 Å². The van der Waals surface area contributed by atoms with Crippen LogP contribution in [0.15, 0.2) is 0 Å². The minimum absolute atomic E-state index is 0.0461. The molecule has 2 atom stereocenters. The van der Waals surface area contributed by atoms with Crippen LogP contribution >= 0.6 is 0 Å². The van der Waals surface area contributed by atoms with Crippen LogP contribution in [-0.2, 0) is 0 Å². The number of hydrogen-bond acceptors (Lipinski definition) is 3. The van der Waals surface area contributed by atoms with Crippen molar-refractivity contribution in [2.24, 2.45) is 5.92 Å². The molecule has 0 radical (unpaired) electrons. The number of hydrogen-bond donors (Lipinski definition) is 1. The summed E-state index contributed by atoms with van der Waals surface area (Å²) in [6.07, 6.45) is 10.6. The molecule has 0 amide bonds. The molecule has 2 fully saturated rings. The van der Waals surface area contributed by atoms with Crippen LogP contribution < -0.4 is 5.32 Å². The molecule has 0 aromatic carbocycles. The molecule has 19 heavy (non-hydrogen) atoms. The molecule has 3 heteroatoms. The molecule has 3 nitrogen and oxygen atoms in total. The highest BCUT2D eigenvalue weighted by atomic mass is 15.2. The van der Waals surface area contributed by atoms with Gasteiger partial charge in [-0.2, -0.15) is 5.26 Å². The van der Waals surface area contributed by atoms with Crippen molar-refractivity contribution in [2.45, 2.75) is 70.4 Å². The lowest BCUT2D eigenvalue weighted by Gasteiger charge is -2.30. The Morgan fingerprint density at radius 2 is 2.05 bits per heavy atom. The molecule has 2 unspecified atom stereocenters. The van der Waals surface area contributed by atoms with Gasteiger partial charge in [-0.15, -0.1) is 0 Å². The SMILES string of the molecule is CCCNC(C#N)CCN1CCCC1C1CCCC1. The molecule has 1 saturated carbocycles. The van der Waals surface area contributed by atoms with Crippen molar-refractivity contribution in [1.29, 1.82) is 5.26 Å². The third-order valence-corrected chi connectivity index (χ3v) is 4.86. The number of nitrogens with one attached hydrogen (secondary N) is 1. The maximum atomic E-state index is 9.17. The molecule has 0 aromatic rings. The normalized spacial score (nSPS) is 26.6. The van der Waals surface area contributed by atoms with Gasteiger partial charge in [0.15, 0.2) is 0 Å². The maximum absolute atomic E-state index is 9.17. The quantitative estimate of drug-likeness (QED) is 0.767. The summed E-state index contributed by atoms with van der Waals surface area (Å²) in [6, 6.07) is 3.28. The zero-order valence-corrected chi connectivity index (χ0v) is 12.4. The highest BCUT2D eigenvalue weighted by molar-refractivity contribution is 4.93. The predicted molar refractivity (Wildman–Crippen MR) is 78.9 cm³/mol. The van der Waals surface area contributed by atoms with Crippen molar-refractivity contribution >= 4 is 0 Å². The minimum Gasteiger partial charge on any atom is -0.302 e. The average molecular weight is 263 g/mol. The summed E-state index contributed by atoms with van der Waals surface area (Å²) in [7, 11) is 0. The first kappa shape index (κ1) is 14.8. The summed E-state index contributed by atoms with van der Waals surface area (Å²) in [5.41, 5.74) is 0. The van der Waals surface area contributed by atoms with Crippen molar-refractivity contribution in [1.82, 2.24) is 10.2 Å². The van der Waals surface area contributed by atoms with Crippen molar-refractivity contribution in [2.75, 3.05) is 19.6 Å². The van der Waals surface area contributed by atoms with E-state index < -0.39 is 0 Å². The Kier molecular flexibility index (Phi) is 6.13. The Morgan fingerprint density at radius 3 is 2.74 bits per heavy atom. The highest BCUT2D eigenvalue weighted by Gasteiger charge is 2.33. The van der Waals surface area contributed by atoms with Gasteiger partial charge in [0.05, 0.1) is 12.1 Å². The van der Waals surface area contributed by atoms with Gasteiger partial charge in [-0.1, -0.05) is 19.8 Å². The van der Waals surface area contributed by atoms with Gasteiger partial charge in [0.1, 0.15) is 0 Å². The van der Waals surface area contributed by atoms with E-state index >= 15 is 0 Å². The molecule has 2 aliphatic rings. The average Bonchev–Trinajstić information content (AvgIpc) is 3.09. The molecule has 0 spiro atoms. The Morgan fingerprint density at radius 1 is 1.26 bits per heavy atom. The van der Waals surface area contributed by atoms with Crippen LogP contribution in [0.25, 0.3) is 0 Å². The van der Waals surface area contributed by atoms with Crippen molar-refractivity contribution in [3.05, 3.63) is 0 Å². The van der Waals surface area contributed by atoms with Gasteiger partial charge >= 0.3 is 0 Å². The summed E-state index contributed by atoms with van der Waals surface area (Å²) >= 11 is 0. The Bertz CT molecular complexity index is 291. The molecule has 1 saturated heterocycles. The molecule has 1 aliphatic carbocycles. The second-order valence-electron chi connectivity index (χ2n) is 6.21. The fourth-order valence-corrected chi connectivity index (χ4v) is 3.83. The highest BCUT2D eigenvalue weighted by Crippen LogP contribution is 2.35. The lowest BCUT2D eigenvalue weighted by Crippen LogP contribution is -2.38. The first-order chi connectivity index (χ1) is 9.35. The Hall–Kier alpha value is -0.590. The summed E-state index contributed by atoms with van der Waals surface area (Å²) < 4.78 is 0. The van der Waals surface area contributed by atoms with Crippen molar-refractivity contribution in [3.8, 4) is 6.07 Å². The smallest absolute Gasteiger partial charge is 0.0965 e. The van der Waals surface area contributed by atoms with E-state index in [0.717, 1.165) is 37.9 Å². The van der Waals surface area contributed by atoms with Crippen LogP contribution in [0.5, 0.6) is 0 Å². The first-order valence-corrected chi connectivity index (χ1v) is 8.22. The number of likely N-dealkylation sites (tertiary alicyclic amines) is 1. The van der Waals surface area contributed by atoms with Crippen LogP contribution in [-0.4, -0.2) is 36.6 Å². The molecule has 0 aromatic heterocycles. The molecular weight excluding hydrogens is 234 g/mol. The molecular formula is C16H29N3. The van der Waals surface area contributed by atoms with Crippen LogP contribution in [0.3, 0.4) is 0 Å². The predicted octanol–water partition coefficient (Wildman–Crippen LogP) is 2.92. The van der Waals surface area contributed by atoms with Gasteiger partial charge < -0.3 is 10.2 Å². The zero-order chi connectivity index (χ0) is 13.5. The fraction of sp³-hybridized carbons (Fsp3) is 0.938. The van der Waals surface area contributed by atoms with E-state index in [9.17, 15) is 5.26 Å². The summed E-state index contributed by atoms with van der Waals surface area (Å²) in [5, 5.41) is 12.5. The van der Waals surface area contributed by atoms with Crippen molar-refractivity contribution < 1.29 is 0 Å². The first-order valence-electron chi connectivity index (χ1n) is 8.22. The zero-order valence-electron chi connectivity index (χ0n) is 12.4. The molecule has 1 aliphatic heterocycles. The van der Waals surface area contributed by atoms with E-state index in [1.54, 1.807) is 0 Å². The fourth-order valence-electron chi connectivity index (χ4n) is 3.83. The van der Waals surface area contributed by atoms with Gasteiger partial charge in [-0.25, -0.2) is 0 Å². The standard InChI is InChI=1S/C16H29N3/c1-2-10-18-15(13-17)9-12-19-11-5-8-16(19)14-6-3-4-7-14/h14-16,18H,2-12H2,1H3. The van der Waals surface area contributed by atoms with E-state index in [4.69, 9.17) is 0 Å². The number of nitrogens with zero attached hydrogens (tertiary/aromatic N) is 2. The molecule has 1 heterocycles. The lowest BCUT2D eigenvalue weighted by atomic mass is 9.96. The van der Waals surface area contributed by atoms with E-state index in [1.165, 1.54) is 45.1 Å². The Labute approximate surface area is 118 Å². The summed E-state index contributed by atoms with van der Waals surface area (Å²) in [6.45, 7) is 5.48. The van der Waals surface area contributed by atoms with E-state index in [2.05, 4.69) is 23.2 Å². The van der Waals surface area contributed by atoms with Crippen LogP contribution in [0, 0.1) is 17.2 Å². The van der Waals surface area contributed by atoms with Gasteiger partial charge in [0.25, 0.3) is 0 Å². The van der Waals surface area contributed by atoms with Gasteiger partial charge in [0, 0.05) is 12.6 Å². The third kappa shape index (κ3) is 4.19. The van der Waals surface area contributed by atoms with Gasteiger partial charge in [0.2, 0.25) is 0 Å². The maximum Gasteiger partial charge on any atom is 0.0965 e. The third-order valence-electron chi connectivity index (χ3n) is 4.86. The van der Waals surface area contributed by atoms with Crippen molar-refractivity contribution in [3.63, 3.8) is 0 Å². The van der Waals surface area contributed by atoms with Crippen LogP contribution in [0.2, 0.25) is 0 Å². The topological polar surface area (TPSA) is 39.1 Å². The molecule has 1 N–H and O–H groups in total. The monoisotopic (exact) mass is 263 g/mol. The van der Waals surface area contributed by atoms with Crippen LogP contribution in [0.1, 0.15) is 58.3 Å². The number of nitriles is 1.